The van der Waals surface area contributed by atoms with Crippen molar-refractivity contribution in [3.63, 3.8) is 0 Å². The Balaban J connectivity index is 3.33. The van der Waals surface area contributed by atoms with Crippen LogP contribution in [-0.2, 0) is 4.74 Å². The summed E-state index contributed by atoms with van der Waals surface area (Å²) < 4.78 is 5.14. The molecule has 0 aromatic heterocycles. The summed E-state index contributed by atoms with van der Waals surface area (Å²) in [5.41, 5.74) is -0.420. The van der Waals surface area contributed by atoms with E-state index in [0.717, 1.165) is 19.5 Å². The van der Waals surface area contributed by atoms with Gasteiger partial charge >= 0.3 is 6.09 Å². The quantitative estimate of drug-likeness (QED) is 0.669. The van der Waals surface area contributed by atoms with E-state index in [1.807, 2.05) is 32.5 Å². The zero-order valence-electron chi connectivity index (χ0n) is 12.3. The normalized spacial score (nSPS) is 13.2. The van der Waals surface area contributed by atoms with Crippen LogP contribution in [0.5, 0.6) is 0 Å². The van der Waals surface area contributed by atoms with Gasteiger partial charge in [-0.3, -0.25) is 0 Å². The second-order valence-electron chi connectivity index (χ2n) is 5.37. The molecule has 0 saturated heterocycles. The van der Waals surface area contributed by atoms with Gasteiger partial charge in [-0.2, -0.15) is 11.8 Å². The minimum Gasteiger partial charge on any atom is -0.444 e. The molecule has 2 N–H and O–H groups in total. The monoisotopic (exact) mass is 276 g/mol. The van der Waals surface area contributed by atoms with E-state index in [4.69, 9.17) is 4.74 Å². The fourth-order valence-electron chi connectivity index (χ4n) is 1.27. The minimum absolute atomic E-state index is 0.335. The lowest BCUT2D eigenvalue weighted by Crippen LogP contribution is -2.34. The molecule has 0 saturated carbocycles. The number of hydrogen-bond donors (Lipinski definition) is 2. The van der Waals surface area contributed by atoms with Crippen LogP contribution in [0, 0.1) is 0 Å². The lowest BCUT2D eigenvalue weighted by atomic mass is 10.2. The molecule has 5 heteroatoms. The fraction of sp³-hybridized carbons (Fsp3) is 0.923. The van der Waals surface area contributed by atoms with Gasteiger partial charge in [-0.25, -0.2) is 4.79 Å². The second kappa shape index (κ2) is 9.50. The van der Waals surface area contributed by atoms with Gasteiger partial charge in [-0.15, -0.1) is 0 Å². The van der Waals surface area contributed by atoms with Crippen molar-refractivity contribution in [2.75, 3.05) is 25.9 Å². The van der Waals surface area contributed by atoms with Crippen molar-refractivity contribution in [2.24, 2.45) is 0 Å². The van der Waals surface area contributed by atoms with Gasteiger partial charge < -0.3 is 15.4 Å². The van der Waals surface area contributed by atoms with Gasteiger partial charge in [0.1, 0.15) is 5.60 Å². The Bertz CT molecular complexity index is 230. The van der Waals surface area contributed by atoms with E-state index in [1.165, 1.54) is 6.42 Å². The Morgan fingerprint density at radius 1 is 1.28 bits per heavy atom. The van der Waals surface area contributed by atoms with Crippen molar-refractivity contribution in [3.05, 3.63) is 0 Å². The predicted molar refractivity (Wildman–Crippen MR) is 79.3 cm³/mol. The summed E-state index contributed by atoms with van der Waals surface area (Å²) in [5.74, 6) is 0. The van der Waals surface area contributed by atoms with E-state index in [1.54, 1.807) is 0 Å². The lowest BCUT2D eigenvalue weighted by molar-refractivity contribution is 0.0527. The standard InChI is InChI=1S/C13H28N2O2S/c1-11(18-5)7-10-14-8-6-9-15-12(16)17-13(2,3)4/h11,14H,6-10H2,1-5H3,(H,15,16). The van der Waals surface area contributed by atoms with E-state index in [9.17, 15) is 4.79 Å². The van der Waals surface area contributed by atoms with Crippen LogP contribution in [0.4, 0.5) is 4.79 Å². The molecule has 18 heavy (non-hydrogen) atoms. The second-order valence-corrected chi connectivity index (χ2v) is 6.64. The molecule has 0 radical (unpaired) electrons. The molecule has 0 aromatic carbocycles. The zero-order chi connectivity index (χ0) is 14.0. The van der Waals surface area contributed by atoms with Crippen LogP contribution in [0.25, 0.3) is 0 Å². The highest BCUT2D eigenvalue weighted by Gasteiger charge is 2.15. The third-order valence-corrected chi connectivity index (χ3v) is 3.37. The summed E-state index contributed by atoms with van der Waals surface area (Å²) in [6, 6.07) is 0. The first-order valence-electron chi connectivity index (χ1n) is 6.55. The molecule has 1 amide bonds. The highest BCUT2D eigenvalue weighted by Crippen LogP contribution is 2.08. The highest BCUT2D eigenvalue weighted by molar-refractivity contribution is 7.99. The van der Waals surface area contributed by atoms with Crippen LogP contribution in [0.2, 0.25) is 0 Å². The number of hydrogen-bond acceptors (Lipinski definition) is 4. The molecule has 0 rings (SSSR count). The summed E-state index contributed by atoms with van der Waals surface area (Å²) >= 11 is 1.89. The Morgan fingerprint density at radius 3 is 2.50 bits per heavy atom. The molecular formula is C13H28N2O2S. The topological polar surface area (TPSA) is 50.4 Å². The molecule has 0 spiro atoms. The lowest BCUT2D eigenvalue weighted by Gasteiger charge is -2.19. The average Bonchev–Trinajstić information content (AvgIpc) is 2.25. The number of carbonyl (C=O) groups excluding carboxylic acids is 1. The first-order chi connectivity index (χ1) is 8.35. The van der Waals surface area contributed by atoms with E-state index in [0.29, 0.717) is 11.8 Å². The van der Waals surface area contributed by atoms with Crippen LogP contribution in [0.1, 0.15) is 40.5 Å². The first-order valence-corrected chi connectivity index (χ1v) is 7.84. The molecule has 108 valence electrons. The third kappa shape index (κ3) is 12.0. The van der Waals surface area contributed by atoms with Crippen LogP contribution in [0.15, 0.2) is 0 Å². The number of alkyl carbamates (subject to hydrolysis) is 1. The van der Waals surface area contributed by atoms with Crippen molar-refractivity contribution in [3.8, 4) is 0 Å². The number of ether oxygens (including phenoxy) is 1. The first kappa shape index (κ1) is 17.6. The Hall–Kier alpha value is -0.420. The minimum atomic E-state index is -0.420. The molecule has 0 heterocycles. The molecule has 0 aliphatic carbocycles. The number of carbonyl (C=O) groups is 1. The molecule has 0 bridgehead atoms. The smallest absolute Gasteiger partial charge is 0.407 e. The van der Waals surface area contributed by atoms with Crippen LogP contribution >= 0.6 is 11.8 Å². The number of amides is 1. The molecule has 0 fully saturated rings. The molecule has 4 nitrogen and oxygen atoms in total. The van der Waals surface area contributed by atoms with Gasteiger partial charge in [0.15, 0.2) is 0 Å². The summed E-state index contributed by atoms with van der Waals surface area (Å²) in [6.45, 7) is 10.4. The molecule has 0 aromatic rings. The van der Waals surface area contributed by atoms with Gasteiger partial charge in [-0.1, -0.05) is 6.92 Å². The maximum absolute atomic E-state index is 11.3. The van der Waals surface area contributed by atoms with Gasteiger partial charge in [0, 0.05) is 11.8 Å². The summed E-state index contributed by atoms with van der Waals surface area (Å²) in [7, 11) is 0. The van der Waals surface area contributed by atoms with Gasteiger partial charge in [-0.05, 0) is 53.0 Å². The SMILES string of the molecule is CSC(C)CCNCCCNC(=O)OC(C)(C)C. The van der Waals surface area contributed by atoms with Gasteiger partial charge in [0.2, 0.25) is 0 Å². The maximum Gasteiger partial charge on any atom is 0.407 e. The molecule has 0 aliphatic rings. The van der Waals surface area contributed by atoms with E-state index >= 15 is 0 Å². The fourth-order valence-corrected chi connectivity index (χ4v) is 1.62. The molecule has 0 aliphatic heterocycles. The zero-order valence-corrected chi connectivity index (χ0v) is 13.2. The van der Waals surface area contributed by atoms with Crippen molar-refractivity contribution >= 4 is 17.9 Å². The average molecular weight is 276 g/mol. The van der Waals surface area contributed by atoms with E-state index in [-0.39, 0.29) is 6.09 Å². The molecular weight excluding hydrogens is 248 g/mol. The number of thioether (sulfide) groups is 1. The maximum atomic E-state index is 11.3. The van der Waals surface area contributed by atoms with Crippen molar-refractivity contribution in [1.82, 2.24) is 10.6 Å². The van der Waals surface area contributed by atoms with Gasteiger partial charge in [0.25, 0.3) is 0 Å². The molecule has 1 atom stereocenters. The number of rotatable bonds is 8. The van der Waals surface area contributed by atoms with Gasteiger partial charge in [0.05, 0.1) is 0 Å². The Labute approximate surface area is 116 Å². The highest BCUT2D eigenvalue weighted by atomic mass is 32.2. The van der Waals surface area contributed by atoms with E-state index < -0.39 is 5.60 Å². The van der Waals surface area contributed by atoms with E-state index in [2.05, 4.69) is 23.8 Å². The summed E-state index contributed by atoms with van der Waals surface area (Å²) in [4.78, 5) is 11.3. The van der Waals surface area contributed by atoms with Crippen molar-refractivity contribution < 1.29 is 9.53 Å². The third-order valence-electron chi connectivity index (χ3n) is 2.33. The largest absolute Gasteiger partial charge is 0.444 e. The Kier molecular flexibility index (Phi) is 9.28. The van der Waals surface area contributed by atoms with Crippen molar-refractivity contribution in [1.29, 1.82) is 0 Å². The Morgan fingerprint density at radius 2 is 1.94 bits per heavy atom. The summed E-state index contributed by atoms with van der Waals surface area (Å²) in [6.07, 6.45) is 3.90. The van der Waals surface area contributed by atoms with Crippen LogP contribution in [-0.4, -0.2) is 42.8 Å². The van der Waals surface area contributed by atoms with Crippen LogP contribution in [0.3, 0.4) is 0 Å². The van der Waals surface area contributed by atoms with Crippen molar-refractivity contribution in [2.45, 2.75) is 51.4 Å². The summed E-state index contributed by atoms with van der Waals surface area (Å²) in [5, 5.41) is 6.82. The number of nitrogens with one attached hydrogen (secondary N) is 2. The van der Waals surface area contributed by atoms with Crippen LogP contribution < -0.4 is 10.6 Å². The predicted octanol–water partition coefficient (Wildman–Crippen LogP) is 2.63. The molecule has 1 unspecified atom stereocenters.